The molecule has 1 amide bonds. The van der Waals surface area contributed by atoms with E-state index in [2.05, 4.69) is 5.32 Å². The molecule has 3 aliphatic rings. The minimum absolute atomic E-state index is 0.138. The van der Waals surface area contributed by atoms with Crippen LogP contribution in [0, 0.1) is 5.92 Å². The zero-order chi connectivity index (χ0) is 19.9. The monoisotopic (exact) mass is 391 g/mol. The lowest BCUT2D eigenvalue weighted by Gasteiger charge is -2.48. The fourth-order valence-corrected chi connectivity index (χ4v) is 3.89. The van der Waals surface area contributed by atoms with Crippen molar-refractivity contribution in [2.45, 2.75) is 74.8 Å². The van der Waals surface area contributed by atoms with Crippen LogP contribution >= 0.6 is 0 Å². The number of hydrogen-bond acceptors (Lipinski definition) is 9. The maximum Gasteiger partial charge on any atom is 0.335 e. The summed E-state index contributed by atoms with van der Waals surface area (Å²) in [5.41, 5.74) is 0. The number of aliphatic hydroxyl groups is 4. The molecular formula is C16H25NO10. The smallest absolute Gasteiger partial charge is 0.335 e. The van der Waals surface area contributed by atoms with Crippen molar-refractivity contribution in [3.63, 3.8) is 0 Å². The van der Waals surface area contributed by atoms with Crippen LogP contribution in [-0.2, 0) is 23.8 Å². The van der Waals surface area contributed by atoms with Crippen LogP contribution in [0.4, 0.5) is 0 Å². The van der Waals surface area contributed by atoms with E-state index in [1.165, 1.54) is 0 Å². The molecule has 3 saturated heterocycles. The third kappa shape index (κ3) is 3.94. The van der Waals surface area contributed by atoms with E-state index in [0.717, 1.165) is 0 Å². The highest BCUT2D eigenvalue weighted by molar-refractivity contribution is 5.77. The van der Waals surface area contributed by atoms with Gasteiger partial charge in [-0.3, -0.25) is 4.79 Å². The molecule has 3 fully saturated rings. The van der Waals surface area contributed by atoms with Gasteiger partial charge in [0.1, 0.15) is 18.3 Å². The van der Waals surface area contributed by atoms with Crippen LogP contribution in [0.25, 0.3) is 0 Å². The quantitative estimate of drug-likeness (QED) is 0.288. The number of carboxylic acids is 1. The largest absolute Gasteiger partial charge is 0.479 e. The van der Waals surface area contributed by atoms with Crippen LogP contribution in [0.15, 0.2) is 0 Å². The van der Waals surface area contributed by atoms with E-state index in [9.17, 15) is 30.0 Å². The van der Waals surface area contributed by atoms with Crippen molar-refractivity contribution in [2.75, 3.05) is 6.61 Å². The first-order valence-corrected chi connectivity index (χ1v) is 8.86. The van der Waals surface area contributed by atoms with E-state index >= 15 is 0 Å². The maximum absolute atomic E-state index is 11.9. The lowest BCUT2D eigenvalue weighted by atomic mass is 9.83. The lowest BCUT2D eigenvalue weighted by molar-refractivity contribution is -0.316. The normalized spacial score (nSPS) is 47.8. The molecule has 27 heavy (non-hydrogen) atoms. The number of fused-ring (bicyclic) bond motifs is 1. The van der Waals surface area contributed by atoms with Crippen molar-refractivity contribution >= 4 is 11.9 Å². The van der Waals surface area contributed by atoms with Gasteiger partial charge in [-0.25, -0.2) is 4.79 Å². The number of aliphatic carboxylic acids is 1. The third-order valence-corrected chi connectivity index (χ3v) is 5.32. The first-order valence-electron chi connectivity index (χ1n) is 8.86. The summed E-state index contributed by atoms with van der Waals surface area (Å²) in [5, 5.41) is 51.2. The predicted octanol–water partition coefficient (Wildman–Crippen LogP) is -3.06. The number of carbonyl (C=O) groups is 2. The second-order valence-electron chi connectivity index (χ2n) is 7.33. The number of carboxylic acid groups (broad SMARTS) is 1. The Morgan fingerprint density at radius 1 is 1.22 bits per heavy atom. The number of hydrogen-bond donors (Lipinski definition) is 6. The molecule has 0 saturated carbocycles. The number of aliphatic hydroxyl groups excluding tert-OH is 4. The Labute approximate surface area is 154 Å². The summed E-state index contributed by atoms with van der Waals surface area (Å²) in [7, 11) is 0. The van der Waals surface area contributed by atoms with Crippen molar-refractivity contribution in [1.82, 2.24) is 5.32 Å². The maximum atomic E-state index is 11.9. The van der Waals surface area contributed by atoms with E-state index in [0.29, 0.717) is 0 Å². The number of ether oxygens (including phenoxy) is 3. The lowest BCUT2D eigenvalue weighted by Crippen LogP contribution is -2.66. The van der Waals surface area contributed by atoms with Crippen molar-refractivity contribution in [3.05, 3.63) is 0 Å². The minimum atomic E-state index is -1.82. The Morgan fingerprint density at radius 3 is 2.56 bits per heavy atom. The SMILES string of the molecule is CC1CC(=O)NC2C(OC3OC(C(=O)O)C(O)C(O)C3O)CC(CO)OC12. The Kier molecular flexibility index (Phi) is 6.01. The molecule has 3 aliphatic heterocycles. The fraction of sp³-hybridized carbons (Fsp3) is 0.875. The highest BCUT2D eigenvalue weighted by Gasteiger charge is 2.51. The highest BCUT2D eigenvalue weighted by atomic mass is 16.7. The van der Waals surface area contributed by atoms with Gasteiger partial charge in [0.15, 0.2) is 12.4 Å². The molecule has 0 spiro atoms. The van der Waals surface area contributed by atoms with Crippen LogP contribution in [-0.4, -0.2) is 99.1 Å². The Hall–Kier alpha value is -1.34. The number of piperidine rings is 1. The number of nitrogens with one attached hydrogen (secondary N) is 1. The van der Waals surface area contributed by atoms with Gasteiger partial charge in [0.2, 0.25) is 5.91 Å². The summed E-state index contributed by atoms with van der Waals surface area (Å²) >= 11 is 0. The molecule has 6 N–H and O–H groups in total. The zero-order valence-corrected chi connectivity index (χ0v) is 14.7. The molecule has 3 rings (SSSR count). The van der Waals surface area contributed by atoms with Crippen LogP contribution in [0.5, 0.6) is 0 Å². The number of rotatable bonds is 4. The van der Waals surface area contributed by atoms with Gasteiger partial charge >= 0.3 is 5.97 Å². The molecule has 3 heterocycles. The average molecular weight is 391 g/mol. The third-order valence-electron chi connectivity index (χ3n) is 5.32. The van der Waals surface area contributed by atoms with Crippen LogP contribution in [0.1, 0.15) is 19.8 Å². The topological polar surface area (TPSA) is 175 Å². The Morgan fingerprint density at radius 2 is 1.93 bits per heavy atom. The van der Waals surface area contributed by atoms with E-state index < -0.39 is 61.0 Å². The molecule has 154 valence electrons. The second-order valence-corrected chi connectivity index (χ2v) is 7.33. The van der Waals surface area contributed by atoms with Crippen molar-refractivity contribution in [3.8, 4) is 0 Å². The van der Waals surface area contributed by atoms with E-state index in [1.54, 1.807) is 0 Å². The van der Waals surface area contributed by atoms with Gasteiger partial charge in [-0.1, -0.05) is 6.92 Å². The van der Waals surface area contributed by atoms with Gasteiger partial charge in [-0.2, -0.15) is 0 Å². The van der Waals surface area contributed by atoms with Gasteiger partial charge < -0.3 is 45.1 Å². The number of carbonyl (C=O) groups excluding carboxylic acids is 1. The Bertz CT molecular complexity index is 573. The van der Waals surface area contributed by atoms with Crippen molar-refractivity contribution in [1.29, 1.82) is 0 Å². The van der Waals surface area contributed by atoms with Gasteiger partial charge in [-0.05, 0) is 5.92 Å². The number of amides is 1. The van der Waals surface area contributed by atoms with Gasteiger partial charge in [-0.15, -0.1) is 0 Å². The molecule has 0 aromatic heterocycles. The van der Waals surface area contributed by atoms with E-state index in [4.69, 9.17) is 19.3 Å². The summed E-state index contributed by atoms with van der Waals surface area (Å²) < 4.78 is 16.7. The van der Waals surface area contributed by atoms with Gasteiger partial charge in [0, 0.05) is 12.8 Å². The summed E-state index contributed by atoms with van der Waals surface area (Å²) in [6, 6.07) is -0.591. The van der Waals surface area contributed by atoms with Crippen molar-refractivity contribution < 1.29 is 49.3 Å². The molecule has 10 atom stereocenters. The summed E-state index contributed by atoms with van der Waals surface area (Å²) in [6.45, 7) is 1.55. The summed E-state index contributed by atoms with van der Waals surface area (Å²) in [6.07, 6.45) is -9.97. The van der Waals surface area contributed by atoms with Crippen LogP contribution < -0.4 is 5.32 Å². The molecule has 0 bridgehead atoms. The highest BCUT2D eigenvalue weighted by Crippen LogP contribution is 2.33. The molecule has 0 aliphatic carbocycles. The molecular weight excluding hydrogens is 366 g/mol. The van der Waals surface area contributed by atoms with Gasteiger partial charge in [0.05, 0.1) is 31.0 Å². The minimum Gasteiger partial charge on any atom is -0.479 e. The van der Waals surface area contributed by atoms with E-state index in [1.807, 2.05) is 6.92 Å². The van der Waals surface area contributed by atoms with Crippen LogP contribution in [0.2, 0.25) is 0 Å². The first kappa shape index (κ1) is 20.4. The van der Waals surface area contributed by atoms with E-state index in [-0.39, 0.29) is 31.3 Å². The standard InChI is InChI=1S/C16H25NO10/c1-5-2-8(19)17-9-7(3-6(4-18)25-13(5)9)26-16-12(22)10(20)11(21)14(27-16)15(23)24/h5-7,9-14,16,18,20-22H,2-4H2,1H3,(H,17,19)(H,23,24). The molecule has 0 radical (unpaired) electrons. The summed E-state index contributed by atoms with van der Waals surface area (Å²) in [4.78, 5) is 23.1. The van der Waals surface area contributed by atoms with Gasteiger partial charge in [0.25, 0.3) is 0 Å². The molecule has 0 aromatic rings. The molecule has 11 nitrogen and oxygen atoms in total. The summed E-state index contributed by atoms with van der Waals surface area (Å²) in [5.74, 6) is -1.85. The van der Waals surface area contributed by atoms with Crippen molar-refractivity contribution in [2.24, 2.45) is 5.92 Å². The zero-order valence-electron chi connectivity index (χ0n) is 14.7. The molecule has 11 heteroatoms. The Balaban J connectivity index is 1.78. The predicted molar refractivity (Wildman–Crippen MR) is 85.3 cm³/mol. The average Bonchev–Trinajstić information content (AvgIpc) is 2.62. The molecule has 0 aromatic carbocycles. The molecule has 10 unspecified atom stereocenters. The fourth-order valence-electron chi connectivity index (χ4n) is 3.89. The van der Waals surface area contributed by atoms with Crippen LogP contribution in [0.3, 0.4) is 0 Å². The second kappa shape index (κ2) is 7.95. The first-order chi connectivity index (χ1) is 12.7.